The molecule has 0 amide bonds. The van der Waals surface area contributed by atoms with Gasteiger partial charge in [0.05, 0.1) is 16.7 Å². The Bertz CT molecular complexity index is 2210. The molecule has 0 atom stereocenters. The summed E-state index contributed by atoms with van der Waals surface area (Å²) < 4.78 is 2.32. The number of nitrogens with one attached hydrogen (secondary N) is 1. The van der Waals surface area contributed by atoms with Gasteiger partial charge in [0.25, 0.3) is 0 Å². The Hall–Kier alpha value is -5.50. The lowest BCUT2D eigenvalue weighted by molar-refractivity contribution is 0.280. The van der Waals surface area contributed by atoms with Crippen molar-refractivity contribution in [2.24, 2.45) is 5.10 Å². The van der Waals surface area contributed by atoms with Gasteiger partial charge < -0.3 is 0 Å². The molecule has 2 aliphatic heterocycles. The molecule has 9 rings (SSSR count). The summed E-state index contributed by atoms with van der Waals surface area (Å²) in [6, 6.07) is 49.0. The summed E-state index contributed by atoms with van der Waals surface area (Å²) in [4.78, 5) is 4.80. The van der Waals surface area contributed by atoms with Crippen molar-refractivity contribution in [2.75, 3.05) is 12.1 Å². The smallest absolute Gasteiger partial charge is 0.181 e. The van der Waals surface area contributed by atoms with Gasteiger partial charge in [-0.2, -0.15) is 0 Å². The van der Waals surface area contributed by atoms with Crippen LogP contribution in [-0.2, 0) is 0 Å². The molecule has 44 heavy (non-hydrogen) atoms. The van der Waals surface area contributed by atoms with Crippen molar-refractivity contribution in [1.29, 1.82) is 0 Å². The minimum atomic E-state index is -2.76. The van der Waals surface area contributed by atoms with E-state index in [1.54, 1.807) is 5.12 Å². The van der Waals surface area contributed by atoms with Crippen molar-refractivity contribution in [2.45, 2.75) is 0 Å². The van der Waals surface area contributed by atoms with E-state index in [0.29, 0.717) is 0 Å². The fourth-order valence-corrected chi connectivity index (χ4v) is 12.5. The number of fused-ring (bicyclic) bond motifs is 6. The molecule has 0 bridgehead atoms. The first-order valence-electron chi connectivity index (χ1n) is 14.8. The lowest BCUT2D eigenvalue weighted by atomic mass is 10.1. The van der Waals surface area contributed by atoms with Gasteiger partial charge in [0.2, 0.25) is 0 Å². The maximum atomic E-state index is 4.80. The zero-order valence-corrected chi connectivity index (χ0v) is 25.1. The van der Waals surface area contributed by atoms with Crippen LogP contribution in [0.5, 0.6) is 0 Å². The summed E-state index contributed by atoms with van der Waals surface area (Å²) in [5, 5.41) is 16.0. The third-order valence-corrected chi connectivity index (χ3v) is 13.9. The highest BCUT2D eigenvalue weighted by molar-refractivity contribution is 7.22. The van der Waals surface area contributed by atoms with Crippen molar-refractivity contribution < 1.29 is 0 Å². The van der Waals surface area contributed by atoms with Gasteiger partial charge in [0.1, 0.15) is 12.2 Å². The highest BCUT2D eigenvalue weighted by atomic mass is 28.3. The Morgan fingerprint density at radius 1 is 0.614 bits per heavy atom. The molecule has 7 heteroatoms. The fourth-order valence-electron chi connectivity index (χ4n) is 7.31. The maximum absolute atomic E-state index is 4.80. The average molecular weight is 585 g/mol. The molecule has 1 N–H and O–H groups in total. The van der Waals surface area contributed by atoms with Gasteiger partial charge in [-0.3, -0.25) is 4.57 Å². The number of aromatic nitrogens is 2. The number of hydrazine groups is 2. The number of hydrazone groups is 1. The number of anilines is 1. The van der Waals surface area contributed by atoms with Crippen LogP contribution in [0.4, 0.5) is 5.69 Å². The third kappa shape index (κ3) is 3.45. The molecule has 0 unspecified atom stereocenters. The molecule has 2 aromatic heterocycles. The van der Waals surface area contributed by atoms with E-state index in [1.165, 1.54) is 48.2 Å². The minimum Gasteiger partial charge on any atom is -0.294 e. The van der Waals surface area contributed by atoms with Crippen LogP contribution in [0.3, 0.4) is 0 Å². The molecule has 2 aliphatic rings. The molecule has 0 saturated carbocycles. The Morgan fingerprint density at radius 3 is 2.07 bits per heavy atom. The second kappa shape index (κ2) is 9.50. The van der Waals surface area contributed by atoms with E-state index in [-0.39, 0.29) is 0 Å². The van der Waals surface area contributed by atoms with Gasteiger partial charge >= 0.3 is 0 Å². The van der Waals surface area contributed by atoms with Crippen LogP contribution in [0.15, 0.2) is 145 Å². The summed E-state index contributed by atoms with van der Waals surface area (Å²) in [7, 11) is -0.863. The molecule has 5 aromatic carbocycles. The number of pyridine rings is 1. The van der Waals surface area contributed by atoms with Crippen molar-refractivity contribution in [3.05, 3.63) is 140 Å². The lowest BCUT2D eigenvalue weighted by Crippen LogP contribution is -2.72. The first-order valence-corrected chi connectivity index (χ1v) is 16.8. The van der Waals surface area contributed by atoms with Crippen molar-refractivity contribution in [3.63, 3.8) is 0 Å². The van der Waals surface area contributed by atoms with Crippen molar-refractivity contribution in [3.8, 4) is 16.9 Å². The van der Waals surface area contributed by atoms with E-state index >= 15 is 0 Å². The van der Waals surface area contributed by atoms with E-state index in [4.69, 9.17) is 4.98 Å². The van der Waals surface area contributed by atoms with Gasteiger partial charge in [-0.25, -0.2) is 15.1 Å². The van der Waals surface area contributed by atoms with Crippen LogP contribution < -0.4 is 31.3 Å². The molecule has 0 spiro atoms. The van der Waals surface area contributed by atoms with Crippen LogP contribution in [0.1, 0.15) is 0 Å². The van der Waals surface area contributed by atoms with Gasteiger partial charge in [-0.1, -0.05) is 97.1 Å². The summed E-state index contributed by atoms with van der Waals surface area (Å²) >= 11 is 0. The number of nitrogens with zero attached hydrogens (tertiary/aromatic N) is 5. The molecule has 0 fully saturated rings. The minimum absolute atomic E-state index is 0.921. The second-order valence-electron chi connectivity index (χ2n) is 11.4. The number of para-hydroxylation sites is 1. The molecule has 210 valence electrons. The Kier molecular flexibility index (Phi) is 5.41. The molecular formula is C37H28N6Si. The molecule has 4 heterocycles. The van der Waals surface area contributed by atoms with E-state index in [9.17, 15) is 0 Å². The molecule has 0 aliphatic carbocycles. The van der Waals surface area contributed by atoms with Crippen LogP contribution in [0.2, 0.25) is 0 Å². The Morgan fingerprint density at radius 2 is 1.32 bits per heavy atom. The van der Waals surface area contributed by atoms with Crippen LogP contribution >= 0.6 is 0 Å². The number of hydrogen-bond acceptors (Lipinski definition) is 5. The van der Waals surface area contributed by atoms with Crippen molar-refractivity contribution >= 4 is 62.7 Å². The summed E-state index contributed by atoms with van der Waals surface area (Å²) in [5.41, 5.74) is 9.32. The third-order valence-electron chi connectivity index (χ3n) is 9.09. The van der Waals surface area contributed by atoms with Gasteiger partial charge in [0, 0.05) is 24.0 Å². The van der Waals surface area contributed by atoms with E-state index in [2.05, 4.69) is 143 Å². The quantitative estimate of drug-likeness (QED) is 0.306. The van der Waals surface area contributed by atoms with Gasteiger partial charge in [0.15, 0.2) is 8.07 Å². The average Bonchev–Trinajstić information content (AvgIpc) is 3.76. The van der Waals surface area contributed by atoms with E-state index in [1.807, 2.05) is 30.7 Å². The highest BCUT2D eigenvalue weighted by Crippen LogP contribution is 2.33. The Labute approximate surface area is 256 Å². The number of benzene rings is 5. The molecular weight excluding hydrogens is 557 g/mol. The standard InChI is InChI=1S/C37H28N6Si/c1-41-39-25-42(40-41)26-11-10-12-27(23-26)44(35-17-6-3-14-31(35)32-15-4-7-18-36(32)44)28-20-21-30-29-13-2-5-16-33(29)43(34(30)24-28)37-19-8-9-22-38-37/h2-25,40H,1H3. The zero-order chi connectivity index (χ0) is 29.3. The largest absolute Gasteiger partial charge is 0.294 e. The van der Waals surface area contributed by atoms with Crippen molar-refractivity contribution in [1.82, 2.24) is 20.2 Å². The summed E-state index contributed by atoms with van der Waals surface area (Å²) in [6.07, 6.45) is 3.69. The Balaban J connectivity index is 1.39. The number of hydrogen-bond donors (Lipinski definition) is 1. The normalized spacial score (nSPS) is 14.8. The number of rotatable bonds is 4. The van der Waals surface area contributed by atoms with Crippen LogP contribution in [-0.4, -0.2) is 36.1 Å². The predicted octanol–water partition coefficient (Wildman–Crippen LogP) is 4.65. The van der Waals surface area contributed by atoms with Crippen LogP contribution in [0.25, 0.3) is 38.8 Å². The molecule has 6 nitrogen and oxygen atoms in total. The molecule has 0 radical (unpaired) electrons. The highest BCUT2D eigenvalue weighted by Gasteiger charge is 2.48. The second-order valence-corrected chi connectivity index (χ2v) is 15.1. The lowest BCUT2D eigenvalue weighted by Gasteiger charge is -2.32. The van der Waals surface area contributed by atoms with Crippen LogP contribution in [0, 0.1) is 0 Å². The first kappa shape index (κ1) is 25.0. The van der Waals surface area contributed by atoms with E-state index in [0.717, 1.165) is 17.0 Å². The summed E-state index contributed by atoms with van der Waals surface area (Å²) in [6.45, 7) is 0. The van der Waals surface area contributed by atoms with Gasteiger partial charge in [-0.05, 0) is 68.3 Å². The van der Waals surface area contributed by atoms with Gasteiger partial charge in [-0.15, -0.1) is 10.6 Å². The zero-order valence-electron chi connectivity index (χ0n) is 24.1. The molecule has 0 saturated heterocycles. The SMILES string of the molecule is CN1N=CN(c2cccc([Si]3(c4ccc5c6ccccc6n(-c6ccccn6)c5c4)c4ccccc4-c4ccccc43)c2)N1. The topological polar surface area (TPSA) is 48.7 Å². The maximum Gasteiger partial charge on any atom is 0.181 e. The first-order chi connectivity index (χ1) is 21.7. The summed E-state index contributed by atoms with van der Waals surface area (Å²) in [5.74, 6) is 0.921. The van der Waals surface area contributed by atoms with E-state index < -0.39 is 8.07 Å². The molecule has 7 aromatic rings. The monoisotopic (exact) mass is 584 g/mol. The predicted molar refractivity (Wildman–Crippen MR) is 183 cm³/mol. The fraction of sp³-hybridized carbons (Fsp3) is 0.0270.